The molecule has 0 amide bonds. The van der Waals surface area contributed by atoms with Crippen LogP contribution in [0.2, 0.25) is 0 Å². The Balaban J connectivity index is 1.96. The molecule has 1 aromatic rings. The summed E-state index contributed by atoms with van der Waals surface area (Å²) in [5.74, 6) is -0.450. The molecule has 17 heavy (non-hydrogen) atoms. The minimum Gasteiger partial charge on any atom is -0.423 e. The quantitative estimate of drug-likeness (QED) is 0.768. The van der Waals surface area contributed by atoms with Crippen molar-refractivity contribution in [3.05, 3.63) is 29.6 Å². The van der Waals surface area contributed by atoms with Crippen molar-refractivity contribution < 1.29 is 19.2 Å². The lowest BCUT2D eigenvalue weighted by molar-refractivity contribution is 0.0441. The molecule has 0 heterocycles. The standard InChI is InChI=1S/C12H16BFO3/c14-12-7-10(13(15)16)6-5-9(12)8-17-11-3-1-2-4-11/h5-7,11,15-16H,1-4,8H2. The SMILES string of the molecule is OB(O)c1ccc(COC2CCCC2)c(F)c1. The van der Waals surface area contributed by atoms with Crippen molar-refractivity contribution in [3.8, 4) is 0 Å². The van der Waals surface area contributed by atoms with E-state index in [9.17, 15) is 4.39 Å². The summed E-state index contributed by atoms with van der Waals surface area (Å²) < 4.78 is 19.2. The highest BCUT2D eigenvalue weighted by Crippen LogP contribution is 2.22. The molecule has 0 aliphatic heterocycles. The molecule has 92 valence electrons. The van der Waals surface area contributed by atoms with Gasteiger partial charge in [0.2, 0.25) is 0 Å². The zero-order valence-electron chi connectivity index (χ0n) is 9.60. The molecule has 1 aliphatic carbocycles. The van der Waals surface area contributed by atoms with E-state index in [1.165, 1.54) is 18.9 Å². The molecule has 2 rings (SSSR count). The number of benzene rings is 1. The largest absolute Gasteiger partial charge is 0.488 e. The zero-order valence-corrected chi connectivity index (χ0v) is 9.60. The molecule has 0 aromatic heterocycles. The molecule has 1 aliphatic rings. The summed E-state index contributed by atoms with van der Waals surface area (Å²) in [5.41, 5.74) is 0.619. The first-order chi connectivity index (χ1) is 8.16. The molecule has 3 nitrogen and oxygen atoms in total. The van der Waals surface area contributed by atoms with Crippen LogP contribution < -0.4 is 5.46 Å². The number of hydrogen-bond acceptors (Lipinski definition) is 3. The average Bonchev–Trinajstić information content (AvgIpc) is 2.80. The molecule has 0 bridgehead atoms. The van der Waals surface area contributed by atoms with Gasteiger partial charge in [-0.2, -0.15) is 0 Å². The van der Waals surface area contributed by atoms with E-state index >= 15 is 0 Å². The van der Waals surface area contributed by atoms with Gasteiger partial charge in [0.15, 0.2) is 0 Å². The third-order valence-corrected chi connectivity index (χ3v) is 3.15. The van der Waals surface area contributed by atoms with Crippen LogP contribution in [0.15, 0.2) is 18.2 Å². The molecule has 1 fully saturated rings. The lowest BCUT2D eigenvalue weighted by Gasteiger charge is -2.12. The van der Waals surface area contributed by atoms with E-state index in [2.05, 4.69) is 0 Å². The van der Waals surface area contributed by atoms with Crippen molar-refractivity contribution in [1.29, 1.82) is 0 Å². The number of ether oxygens (including phenoxy) is 1. The first kappa shape index (κ1) is 12.5. The Labute approximate surface area is 100 Å². The van der Waals surface area contributed by atoms with Gasteiger partial charge in [-0.1, -0.05) is 25.0 Å². The molecule has 1 aromatic carbocycles. The van der Waals surface area contributed by atoms with E-state index in [0.717, 1.165) is 18.9 Å². The van der Waals surface area contributed by atoms with Gasteiger partial charge in [0.1, 0.15) is 5.82 Å². The van der Waals surface area contributed by atoms with Gasteiger partial charge >= 0.3 is 7.12 Å². The third-order valence-electron chi connectivity index (χ3n) is 3.15. The Morgan fingerprint density at radius 1 is 1.29 bits per heavy atom. The monoisotopic (exact) mass is 238 g/mol. The summed E-state index contributed by atoms with van der Waals surface area (Å²) in [7, 11) is -1.63. The highest BCUT2D eigenvalue weighted by molar-refractivity contribution is 6.58. The molecule has 5 heteroatoms. The Bertz CT molecular complexity index is 378. The predicted octanol–water partition coefficient (Wildman–Crippen LogP) is 0.965. The fourth-order valence-corrected chi connectivity index (χ4v) is 2.10. The van der Waals surface area contributed by atoms with Crippen LogP contribution in [0.3, 0.4) is 0 Å². The Hall–Kier alpha value is -0.905. The number of hydrogen-bond donors (Lipinski definition) is 2. The summed E-state index contributed by atoms with van der Waals surface area (Å²) in [6, 6.07) is 4.18. The normalized spacial score (nSPS) is 16.4. The maximum absolute atomic E-state index is 13.6. The fourth-order valence-electron chi connectivity index (χ4n) is 2.10. The van der Waals surface area contributed by atoms with Crippen molar-refractivity contribution in [2.75, 3.05) is 0 Å². The van der Waals surface area contributed by atoms with Crippen LogP contribution in [0.4, 0.5) is 4.39 Å². The second-order valence-electron chi connectivity index (χ2n) is 4.44. The van der Waals surface area contributed by atoms with Crippen LogP contribution in [-0.4, -0.2) is 23.3 Å². The Morgan fingerprint density at radius 3 is 2.59 bits per heavy atom. The number of rotatable bonds is 4. The molecule has 0 unspecified atom stereocenters. The van der Waals surface area contributed by atoms with Crippen LogP contribution >= 0.6 is 0 Å². The van der Waals surface area contributed by atoms with E-state index in [4.69, 9.17) is 14.8 Å². The van der Waals surface area contributed by atoms with Crippen molar-refractivity contribution in [1.82, 2.24) is 0 Å². The van der Waals surface area contributed by atoms with Gasteiger partial charge in [0.25, 0.3) is 0 Å². The summed E-state index contributed by atoms with van der Waals surface area (Å²) >= 11 is 0. The molecule has 0 spiro atoms. The lowest BCUT2D eigenvalue weighted by atomic mass is 9.80. The van der Waals surface area contributed by atoms with Gasteiger partial charge in [-0.25, -0.2) is 4.39 Å². The predicted molar refractivity (Wildman–Crippen MR) is 63.3 cm³/mol. The summed E-state index contributed by atoms with van der Waals surface area (Å²) in [5, 5.41) is 17.8. The maximum Gasteiger partial charge on any atom is 0.488 e. The van der Waals surface area contributed by atoms with E-state index in [-0.39, 0.29) is 18.2 Å². The molecular formula is C12H16BFO3. The van der Waals surface area contributed by atoms with Gasteiger partial charge in [-0.05, 0) is 24.4 Å². The lowest BCUT2D eigenvalue weighted by Crippen LogP contribution is -2.30. The average molecular weight is 238 g/mol. The smallest absolute Gasteiger partial charge is 0.423 e. The van der Waals surface area contributed by atoms with Gasteiger partial charge in [-0.3, -0.25) is 0 Å². The second kappa shape index (κ2) is 5.62. The van der Waals surface area contributed by atoms with Crippen LogP contribution in [0, 0.1) is 5.82 Å². The van der Waals surface area contributed by atoms with Gasteiger partial charge < -0.3 is 14.8 Å². The fraction of sp³-hybridized carbons (Fsp3) is 0.500. The van der Waals surface area contributed by atoms with Crippen molar-refractivity contribution >= 4 is 12.6 Å². The molecular weight excluding hydrogens is 222 g/mol. The van der Waals surface area contributed by atoms with Crippen LogP contribution in [0.1, 0.15) is 31.2 Å². The minimum absolute atomic E-state index is 0.159. The van der Waals surface area contributed by atoms with Crippen molar-refractivity contribution in [2.24, 2.45) is 0 Å². The summed E-state index contributed by atoms with van der Waals surface area (Å²) in [6.07, 6.45) is 4.72. The minimum atomic E-state index is -1.63. The zero-order chi connectivity index (χ0) is 12.3. The van der Waals surface area contributed by atoms with E-state index in [1.807, 2.05) is 0 Å². The Kier molecular flexibility index (Phi) is 4.15. The first-order valence-corrected chi connectivity index (χ1v) is 5.93. The Morgan fingerprint density at radius 2 is 2.00 bits per heavy atom. The summed E-state index contributed by atoms with van der Waals surface area (Å²) in [6.45, 7) is 0.248. The van der Waals surface area contributed by atoms with E-state index < -0.39 is 12.9 Å². The van der Waals surface area contributed by atoms with Crippen LogP contribution in [0.25, 0.3) is 0 Å². The van der Waals surface area contributed by atoms with Crippen molar-refractivity contribution in [2.45, 2.75) is 38.4 Å². The van der Waals surface area contributed by atoms with Crippen LogP contribution in [0.5, 0.6) is 0 Å². The van der Waals surface area contributed by atoms with Gasteiger partial charge in [-0.15, -0.1) is 0 Å². The molecule has 0 radical (unpaired) electrons. The highest BCUT2D eigenvalue weighted by Gasteiger charge is 2.17. The first-order valence-electron chi connectivity index (χ1n) is 5.93. The third kappa shape index (κ3) is 3.28. The van der Waals surface area contributed by atoms with Gasteiger partial charge in [0.05, 0.1) is 12.7 Å². The summed E-state index contributed by atoms with van der Waals surface area (Å²) in [4.78, 5) is 0. The molecule has 1 saturated carbocycles. The van der Waals surface area contributed by atoms with Crippen LogP contribution in [-0.2, 0) is 11.3 Å². The molecule has 0 saturated heterocycles. The van der Waals surface area contributed by atoms with Gasteiger partial charge in [0, 0.05) is 5.56 Å². The van der Waals surface area contributed by atoms with E-state index in [0.29, 0.717) is 5.56 Å². The molecule has 2 N–H and O–H groups in total. The highest BCUT2D eigenvalue weighted by atomic mass is 19.1. The molecule has 0 atom stereocenters. The van der Waals surface area contributed by atoms with Crippen molar-refractivity contribution in [3.63, 3.8) is 0 Å². The topological polar surface area (TPSA) is 49.7 Å². The van der Waals surface area contributed by atoms with E-state index in [1.54, 1.807) is 6.07 Å². The second-order valence-corrected chi connectivity index (χ2v) is 4.44. The maximum atomic E-state index is 13.6. The number of halogens is 1.